The van der Waals surface area contributed by atoms with E-state index in [0.717, 1.165) is 32.5 Å². The predicted molar refractivity (Wildman–Crippen MR) is 79.9 cm³/mol. The highest BCUT2D eigenvalue weighted by Crippen LogP contribution is 2.22. The van der Waals surface area contributed by atoms with Gasteiger partial charge in [-0.25, -0.2) is 4.79 Å². The SMILES string of the molecule is CCC1OCCC1CNCCOc1cccc(C(=O)O)c1. The minimum atomic E-state index is -0.939. The standard InChI is InChI=1S/C16H23NO4/c1-2-15-13(6-8-21-15)11-17-7-9-20-14-5-3-4-12(10-14)16(18)19/h3-5,10,13,15,17H,2,6-9,11H2,1H3,(H,18,19). The monoisotopic (exact) mass is 293 g/mol. The topological polar surface area (TPSA) is 67.8 Å². The van der Waals surface area contributed by atoms with Gasteiger partial charge in [0.25, 0.3) is 0 Å². The predicted octanol–water partition coefficient (Wildman–Crippen LogP) is 2.17. The maximum atomic E-state index is 10.9. The Morgan fingerprint density at radius 3 is 3.14 bits per heavy atom. The molecule has 5 nitrogen and oxygen atoms in total. The average molecular weight is 293 g/mol. The van der Waals surface area contributed by atoms with Gasteiger partial charge in [-0.05, 0) is 37.0 Å². The molecule has 0 aromatic heterocycles. The van der Waals surface area contributed by atoms with Crippen LogP contribution < -0.4 is 10.1 Å². The van der Waals surface area contributed by atoms with Crippen molar-refractivity contribution in [2.24, 2.45) is 5.92 Å². The van der Waals surface area contributed by atoms with Gasteiger partial charge in [-0.15, -0.1) is 0 Å². The van der Waals surface area contributed by atoms with Crippen LogP contribution in [0, 0.1) is 5.92 Å². The number of carboxylic acid groups (broad SMARTS) is 1. The van der Waals surface area contributed by atoms with E-state index in [4.69, 9.17) is 14.6 Å². The summed E-state index contributed by atoms with van der Waals surface area (Å²) in [5, 5.41) is 12.3. The Kier molecular flexibility index (Phi) is 6.02. The molecular weight excluding hydrogens is 270 g/mol. The molecule has 1 aliphatic rings. The molecule has 1 aliphatic heterocycles. The number of carboxylic acids is 1. The second kappa shape index (κ2) is 8.00. The van der Waals surface area contributed by atoms with Gasteiger partial charge in [-0.1, -0.05) is 13.0 Å². The van der Waals surface area contributed by atoms with Gasteiger partial charge in [0.2, 0.25) is 0 Å². The maximum Gasteiger partial charge on any atom is 0.335 e. The zero-order chi connectivity index (χ0) is 15.1. The molecule has 0 spiro atoms. The third-order valence-corrected chi connectivity index (χ3v) is 3.78. The van der Waals surface area contributed by atoms with E-state index in [9.17, 15) is 4.79 Å². The van der Waals surface area contributed by atoms with E-state index in [2.05, 4.69) is 12.2 Å². The van der Waals surface area contributed by atoms with Crippen molar-refractivity contribution in [3.05, 3.63) is 29.8 Å². The lowest BCUT2D eigenvalue weighted by atomic mass is 10.00. The van der Waals surface area contributed by atoms with Crippen molar-refractivity contribution in [2.45, 2.75) is 25.9 Å². The molecule has 0 radical (unpaired) electrons. The van der Waals surface area contributed by atoms with E-state index in [1.165, 1.54) is 0 Å². The van der Waals surface area contributed by atoms with Crippen LogP contribution in [0.15, 0.2) is 24.3 Å². The van der Waals surface area contributed by atoms with E-state index in [0.29, 0.717) is 24.4 Å². The van der Waals surface area contributed by atoms with Crippen LogP contribution in [-0.2, 0) is 4.74 Å². The maximum absolute atomic E-state index is 10.9. The Labute approximate surface area is 125 Å². The van der Waals surface area contributed by atoms with Gasteiger partial charge < -0.3 is 19.9 Å². The van der Waals surface area contributed by atoms with E-state index in [1.54, 1.807) is 24.3 Å². The highest BCUT2D eigenvalue weighted by atomic mass is 16.5. The third kappa shape index (κ3) is 4.72. The Bertz CT molecular complexity index is 463. The molecule has 1 saturated heterocycles. The first-order valence-corrected chi connectivity index (χ1v) is 7.49. The van der Waals surface area contributed by atoms with Gasteiger partial charge in [-0.2, -0.15) is 0 Å². The first-order valence-electron chi connectivity index (χ1n) is 7.49. The molecule has 1 heterocycles. The molecule has 116 valence electrons. The first-order chi connectivity index (χ1) is 10.2. The van der Waals surface area contributed by atoms with Gasteiger partial charge in [-0.3, -0.25) is 0 Å². The Morgan fingerprint density at radius 1 is 1.52 bits per heavy atom. The molecule has 5 heteroatoms. The van der Waals surface area contributed by atoms with Gasteiger partial charge in [0.15, 0.2) is 0 Å². The number of carbonyl (C=O) groups is 1. The summed E-state index contributed by atoms with van der Waals surface area (Å²) in [6.45, 7) is 5.22. The summed E-state index contributed by atoms with van der Waals surface area (Å²) in [4.78, 5) is 10.9. The van der Waals surface area contributed by atoms with Gasteiger partial charge in [0, 0.05) is 19.7 Å². The Morgan fingerprint density at radius 2 is 2.38 bits per heavy atom. The van der Waals surface area contributed by atoms with Crippen LogP contribution >= 0.6 is 0 Å². The fourth-order valence-corrected chi connectivity index (χ4v) is 2.62. The molecule has 1 aromatic carbocycles. The molecule has 0 saturated carbocycles. The summed E-state index contributed by atoms with van der Waals surface area (Å²) in [7, 11) is 0. The highest BCUT2D eigenvalue weighted by Gasteiger charge is 2.25. The van der Waals surface area contributed by atoms with E-state index < -0.39 is 5.97 Å². The minimum Gasteiger partial charge on any atom is -0.492 e. The minimum absolute atomic E-state index is 0.245. The fourth-order valence-electron chi connectivity index (χ4n) is 2.62. The lowest BCUT2D eigenvalue weighted by Crippen LogP contribution is -2.31. The Hall–Kier alpha value is -1.59. The van der Waals surface area contributed by atoms with Crippen LogP contribution in [-0.4, -0.2) is 43.5 Å². The van der Waals surface area contributed by atoms with Crippen molar-refractivity contribution in [3.8, 4) is 5.75 Å². The van der Waals surface area contributed by atoms with Crippen molar-refractivity contribution in [2.75, 3.05) is 26.3 Å². The normalized spacial score (nSPS) is 21.4. The van der Waals surface area contributed by atoms with Crippen LogP contribution in [0.2, 0.25) is 0 Å². The lowest BCUT2D eigenvalue weighted by molar-refractivity contribution is 0.0696. The van der Waals surface area contributed by atoms with Crippen molar-refractivity contribution >= 4 is 5.97 Å². The number of rotatable bonds is 8. The van der Waals surface area contributed by atoms with Crippen LogP contribution in [0.4, 0.5) is 0 Å². The van der Waals surface area contributed by atoms with Crippen LogP contribution in [0.25, 0.3) is 0 Å². The summed E-state index contributed by atoms with van der Waals surface area (Å²) < 4.78 is 11.2. The largest absolute Gasteiger partial charge is 0.492 e. The summed E-state index contributed by atoms with van der Waals surface area (Å²) in [5.41, 5.74) is 0.245. The summed E-state index contributed by atoms with van der Waals surface area (Å²) in [6.07, 6.45) is 2.56. The highest BCUT2D eigenvalue weighted by molar-refractivity contribution is 5.87. The van der Waals surface area contributed by atoms with Crippen LogP contribution in [0.1, 0.15) is 30.1 Å². The number of ether oxygens (including phenoxy) is 2. The van der Waals surface area contributed by atoms with E-state index >= 15 is 0 Å². The molecule has 21 heavy (non-hydrogen) atoms. The quantitative estimate of drug-likeness (QED) is 0.719. The summed E-state index contributed by atoms with van der Waals surface area (Å²) >= 11 is 0. The van der Waals surface area contributed by atoms with Crippen LogP contribution in [0.3, 0.4) is 0 Å². The van der Waals surface area contributed by atoms with Gasteiger partial charge in [0.05, 0.1) is 11.7 Å². The molecule has 2 rings (SSSR count). The van der Waals surface area contributed by atoms with Gasteiger partial charge >= 0.3 is 5.97 Å². The Balaban J connectivity index is 1.65. The molecule has 2 unspecified atom stereocenters. The number of aromatic carboxylic acids is 1. The van der Waals surface area contributed by atoms with Crippen LogP contribution in [0.5, 0.6) is 5.75 Å². The number of hydrogen-bond donors (Lipinski definition) is 2. The summed E-state index contributed by atoms with van der Waals surface area (Å²) in [6, 6.07) is 6.55. The molecule has 1 fully saturated rings. The number of hydrogen-bond acceptors (Lipinski definition) is 4. The summed E-state index contributed by atoms with van der Waals surface area (Å²) in [5.74, 6) is 0.239. The zero-order valence-electron chi connectivity index (χ0n) is 12.4. The number of nitrogens with one attached hydrogen (secondary N) is 1. The first kappa shape index (κ1) is 15.8. The molecule has 0 bridgehead atoms. The van der Waals surface area contributed by atoms with Crippen molar-refractivity contribution in [1.82, 2.24) is 5.32 Å². The number of benzene rings is 1. The average Bonchev–Trinajstić information content (AvgIpc) is 2.94. The molecular formula is C16H23NO4. The van der Waals surface area contributed by atoms with Gasteiger partial charge in [0.1, 0.15) is 12.4 Å². The smallest absolute Gasteiger partial charge is 0.335 e. The molecule has 2 atom stereocenters. The second-order valence-electron chi connectivity index (χ2n) is 5.25. The van der Waals surface area contributed by atoms with E-state index in [-0.39, 0.29) is 5.56 Å². The third-order valence-electron chi connectivity index (χ3n) is 3.78. The van der Waals surface area contributed by atoms with E-state index in [1.807, 2.05) is 0 Å². The lowest BCUT2D eigenvalue weighted by Gasteiger charge is -2.17. The molecule has 0 amide bonds. The van der Waals surface area contributed by atoms with Crippen molar-refractivity contribution in [3.63, 3.8) is 0 Å². The molecule has 0 aliphatic carbocycles. The van der Waals surface area contributed by atoms with Crippen molar-refractivity contribution in [1.29, 1.82) is 0 Å². The molecule has 2 N–H and O–H groups in total. The second-order valence-corrected chi connectivity index (χ2v) is 5.25. The van der Waals surface area contributed by atoms with Crippen molar-refractivity contribution < 1.29 is 19.4 Å². The zero-order valence-corrected chi connectivity index (χ0v) is 12.4. The fraction of sp³-hybridized carbons (Fsp3) is 0.562. The molecule has 1 aromatic rings.